The minimum atomic E-state index is 0.0884. The quantitative estimate of drug-likeness (QED) is 0.694. The number of aryl methyl sites for hydroxylation is 1. The number of methoxy groups -OCH3 is 1. The first-order valence-corrected chi connectivity index (χ1v) is 9.74. The van der Waals surface area contributed by atoms with Gasteiger partial charge in [-0.2, -0.15) is 5.10 Å². The van der Waals surface area contributed by atoms with Gasteiger partial charge in [0.25, 0.3) is 0 Å². The number of benzene rings is 1. The molecule has 2 N–H and O–H groups in total. The average Bonchev–Trinajstić information content (AvgIpc) is 3.32. The van der Waals surface area contributed by atoms with Gasteiger partial charge in [0.2, 0.25) is 5.91 Å². The van der Waals surface area contributed by atoms with Crippen LogP contribution in [0.25, 0.3) is 22.3 Å². The van der Waals surface area contributed by atoms with Gasteiger partial charge in [0.05, 0.1) is 24.0 Å². The average molecular weight is 366 g/mol. The molecule has 6 heteroatoms. The Morgan fingerprint density at radius 3 is 2.85 bits per heavy atom. The van der Waals surface area contributed by atoms with Gasteiger partial charge in [-0.15, -0.1) is 0 Å². The number of fused-ring (bicyclic) bond motifs is 1. The number of nitrogens with zero attached hydrogens (tertiary/aromatic N) is 2. The van der Waals surface area contributed by atoms with Crippen molar-refractivity contribution in [2.45, 2.75) is 45.6 Å². The van der Waals surface area contributed by atoms with Crippen LogP contribution in [-0.2, 0) is 11.3 Å². The summed E-state index contributed by atoms with van der Waals surface area (Å²) in [5.41, 5.74) is 3.03. The van der Waals surface area contributed by atoms with Crippen molar-refractivity contribution < 1.29 is 9.53 Å². The Bertz CT molecular complexity index is 950. The van der Waals surface area contributed by atoms with Gasteiger partial charge in [-0.3, -0.25) is 9.89 Å². The van der Waals surface area contributed by atoms with Crippen LogP contribution >= 0.6 is 0 Å². The van der Waals surface area contributed by atoms with E-state index in [4.69, 9.17) is 4.74 Å². The van der Waals surface area contributed by atoms with Crippen LogP contribution < -0.4 is 10.1 Å². The topological polar surface area (TPSA) is 71.9 Å². The predicted molar refractivity (Wildman–Crippen MR) is 107 cm³/mol. The van der Waals surface area contributed by atoms with Gasteiger partial charge < -0.3 is 14.6 Å². The summed E-state index contributed by atoms with van der Waals surface area (Å²) in [6.45, 7) is 2.94. The second kappa shape index (κ2) is 7.47. The number of ether oxygens (including phenoxy) is 1. The highest BCUT2D eigenvalue weighted by Gasteiger charge is 2.22. The van der Waals surface area contributed by atoms with Crippen LogP contribution in [-0.4, -0.2) is 27.8 Å². The van der Waals surface area contributed by atoms with E-state index in [9.17, 15) is 4.79 Å². The van der Waals surface area contributed by atoms with Crippen molar-refractivity contribution in [2.24, 2.45) is 5.92 Å². The van der Waals surface area contributed by atoms with E-state index in [1.54, 1.807) is 7.11 Å². The van der Waals surface area contributed by atoms with Crippen LogP contribution in [0.4, 0.5) is 5.82 Å². The lowest BCUT2D eigenvalue weighted by molar-refractivity contribution is -0.120. The molecule has 1 aliphatic carbocycles. The molecule has 0 aliphatic heterocycles. The molecule has 0 saturated heterocycles. The zero-order valence-corrected chi connectivity index (χ0v) is 15.9. The van der Waals surface area contributed by atoms with Crippen LogP contribution in [0.5, 0.6) is 5.75 Å². The van der Waals surface area contributed by atoms with Gasteiger partial charge in [0.1, 0.15) is 5.75 Å². The molecule has 0 bridgehead atoms. The van der Waals surface area contributed by atoms with E-state index >= 15 is 0 Å². The number of aromatic amines is 1. The third-order valence-corrected chi connectivity index (χ3v) is 5.52. The monoisotopic (exact) mass is 366 g/mol. The second-order valence-corrected chi connectivity index (χ2v) is 7.16. The minimum absolute atomic E-state index is 0.0884. The maximum Gasteiger partial charge on any atom is 0.228 e. The molecule has 2 heterocycles. The zero-order valence-electron chi connectivity index (χ0n) is 15.9. The molecular weight excluding hydrogens is 340 g/mol. The summed E-state index contributed by atoms with van der Waals surface area (Å²) in [6.07, 6.45) is 5.48. The molecule has 1 saturated carbocycles. The zero-order chi connectivity index (χ0) is 18.8. The first-order valence-electron chi connectivity index (χ1n) is 9.74. The molecule has 1 aromatic carbocycles. The van der Waals surface area contributed by atoms with Crippen molar-refractivity contribution in [2.75, 3.05) is 12.4 Å². The molecule has 2 aromatic heterocycles. The third kappa shape index (κ3) is 3.31. The number of carbonyl (C=O) groups excluding carboxylic acids is 1. The lowest BCUT2D eigenvalue weighted by atomic mass is 9.89. The fourth-order valence-electron chi connectivity index (χ4n) is 4.11. The van der Waals surface area contributed by atoms with Crippen LogP contribution in [0, 0.1) is 5.92 Å². The summed E-state index contributed by atoms with van der Waals surface area (Å²) in [7, 11) is 1.69. The normalized spacial score (nSPS) is 15.2. The van der Waals surface area contributed by atoms with Gasteiger partial charge in [-0.1, -0.05) is 25.3 Å². The Hall–Kier alpha value is -2.76. The first kappa shape index (κ1) is 17.6. The number of rotatable bonds is 5. The molecule has 27 heavy (non-hydrogen) atoms. The summed E-state index contributed by atoms with van der Waals surface area (Å²) < 4.78 is 7.73. The number of anilines is 1. The highest BCUT2D eigenvalue weighted by molar-refractivity contribution is 5.94. The van der Waals surface area contributed by atoms with Crippen molar-refractivity contribution >= 4 is 22.6 Å². The number of hydrogen-bond acceptors (Lipinski definition) is 3. The summed E-state index contributed by atoms with van der Waals surface area (Å²) >= 11 is 0. The van der Waals surface area contributed by atoms with Gasteiger partial charge >= 0.3 is 0 Å². The van der Waals surface area contributed by atoms with E-state index in [0.29, 0.717) is 5.82 Å². The fourth-order valence-corrected chi connectivity index (χ4v) is 4.11. The lowest BCUT2D eigenvalue weighted by Gasteiger charge is -2.19. The van der Waals surface area contributed by atoms with Crippen LogP contribution in [0.15, 0.2) is 30.3 Å². The summed E-state index contributed by atoms with van der Waals surface area (Å²) in [4.78, 5) is 12.5. The van der Waals surface area contributed by atoms with Crippen molar-refractivity contribution in [1.29, 1.82) is 0 Å². The van der Waals surface area contributed by atoms with E-state index in [0.717, 1.165) is 60.3 Å². The van der Waals surface area contributed by atoms with Gasteiger partial charge in [0.15, 0.2) is 5.82 Å². The summed E-state index contributed by atoms with van der Waals surface area (Å²) in [6, 6.07) is 10.1. The number of hydrogen-bond donors (Lipinski definition) is 2. The van der Waals surface area contributed by atoms with Crippen molar-refractivity contribution in [3.05, 3.63) is 30.3 Å². The predicted octanol–water partition coefficient (Wildman–Crippen LogP) is 4.58. The molecule has 142 valence electrons. The molecular formula is C21H26N4O2. The Labute approximate surface area is 158 Å². The molecule has 1 aliphatic rings. The Kier molecular flexibility index (Phi) is 4.88. The molecule has 0 unspecified atom stereocenters. The summed E-state index contributed by atoms with van der Waals surface area (Å²) in [5, 5.41) is 11.4. The highest BCUT2D eigenvalue weighted by atomic mass is 16.5. The Morgan fingerprint density at radius 1 is 1.30 bits per heavy atom. The molecule has 0 spiro atoms. The number of H-pyrrole nitrogens is 1. The Balaban J connectivity index is 1.62. The Morgan fingerprint density at radius 2 is 2.11 bits per heavy atom. The molecule has 3 aromatic rings. The molecule has 1 amide bonds. The molecule has 1 fully saturated rings. The largest absolute Gasteiger partial charge is 0.496 e. The summed E-state index contributed by atoms with van der Waals surface area (Å²) in [5.74, 6) is 1.64. The van der Waals surface area contributed by atoms with Crippen molar-refractivity contribution in [1.82, 2.24) is 14.8 Å². The lowest BCUT2D eigenvalue weighted by Crippen LogP contribution is -2.24. The number of aromatic nitrogens is 3. The van der Waals surface area contributed by atoms with Gasteiger partial charge in [0, 0.05) is 23.9 Å². The highest BCUT2D eigenvalue weighted by Crippen LogP contribution is 2.33. The maximum absolute atomic E-state index is 12.5. The third-order valence-electron chi connectivity index (χ3n) is 5.52. The number of nitrogens with one attached hydrogen (secondary N) is 2. The fraction of sp³-hybridized carbons (Fsp3) is 0.429. The van der Waals surface area contributed by atoms with Crippen molar-refractivity contribution in [3.63, 3.8) is 0 Å². The van der Waals surface area contributed by atoms with E-state index in [1.807, 2.05) is 18.2 Å². The van der Waals surface area contributed by atoms with E-state index in [1.165, 1.54) is 6.42 Å². The smallest absolute Gasteiger partial charge is 0.228 e. The maximum atomic E-state index is 12.5. The van der Waals surface area contributed by atoms with E-state index in [-0.39, 0.29) is 11.8 Å². The number of amides is 1. The van der Waals surface area contributed by atoms with Crippen molar-refractivity contribution in [3.8, 4) is 17.1 Å². The number of carbonyl (C=O) groups is 1. The van der Waals surface area contributed by atoms with Crippen LogP contribution in [0.3, 0.4) is 0 Å². The molecule has 0 atom stereocenters. The van der Waals surface area contributed by atoms with Crippen LogP contribution in [0.1, 0.15) is 39.0 Å². The SMILES string of the molecule is CCn1c(-c2cc(NC(=O)C3CCCCC3)n[nH]2)cc2c(OC)cccc21. The second-order valence-electron chi connectivity index (χ2n) is 7.16. The first-order chi connectivity index (χ1) is 13.2. The minimum Gasteiger partial charge on any atom is -0.496 e. The van der Waals surface area contributed by atoms with E-state index in [2.05, 4.69) is 39.1 Å². The molecule has 4 rings (SSSR count). The van der Waals surface area contributed by atoms with Crippen LogP contribution in [0.2, 0.25) is 0 Å². The van der Waals surface area contributed by atoms with Gasteiger partial charge in [-0.25, -0.2) is 0 Å². The molecule has 0 radical (unpaired) electrons. The van der Waals surface area contributed by atoms with Gasteiger partial charge in [-0.05, 0) is 38.0 Å². The van der Waals surface area contributed by atoms with E-state index < -0.39 is 0 Å². The molecule has 6 nitrogen and oxygen atoms in total. The standard InChI is InChI=1S/C21H26N4O2/c1-3-25-17-10-7-11-19(27-2)15(17)12-18(25)16-13-20(24-23-16)22-21(26)14-8-5-4-6-9-14/h7,10-14H,3-6,8-9H2,1-2H3,(H2,22,23,24,26).